The van der Waals surface area contributed by atoms with Crippen molar-refractivity contribution in [1.29, 1.82) is 0 Å². The summed E-state index contributed by atoms with van der Waals surface area (Å²) in [5.41, 5.74) is 18.9. The summed E-state index contributed by atoms with van der Waals surface area (Å²) in [4.78, 5) is 0. The van der Waals surface area contributed by atoms with Crippen LogP contribution in [0, 0.1) is 0 Å². The van der Waals surface area contributed by atoms with Gasteiger partial charge in [0.05, 0.1) is 0 Å². The van der Waals surface area contributed by atoms with Crippen LogP contribution in [0.3, 0.4) is 0 Å². The minimum absolute atomic E-state index is 0.0946. The Bertz CT molecular complexity index is 1160. The predicted molar refractivity (Wildman–Crippen MR) is 177 cm³/mol. The lowest BCUT2D eigenvalue weighted by atomic mass is 9.76. The highest BCUT2D eigenvalue weighted by atomic mass is 14.5. The zero-order valence-corrected chi connectivity index (χ0v) is 28.1. The molecule has 0 aromatic heterocycles. The first-order valence-corrected chi connectivity index (χ1v) is 15.3. The van der Waals surface area contributed by atoms with Gasteiger partial charge in [-0.2, -0.15) is 0 Å². The maximum atomic E-state index is 6.29. The molecule has 0 aliphatic carbocycles. The molecule has 0 heterocycles. The fraction of sp³-hybridized carbons (Fsp3) is 0.538. The van der Waals surface area contributed by atoms with Gasteiger partial charge in [-0.15, -0.1) is 0 Å². The number of rotatable bonds is 5. The Kier molecular flexibility index (Phi) is 8.94. The molecule has 0 unspecified atom stereocenters. The lowest BCUT2D eigenvalue weighted by Gasteiger charge is -2.29. The van der Waals surface area contributed by atoms with Gasteiger partial charge in [0, 0.05) is 18.4 Å². The highest BCUT2D eigenvalue weighted by Crippen LogP contribution is 2.38. The van der Waals surface area contributed by atoms with E-state index in [4.69, 9.17) is 5.73 Å². The maximum absolute atomic E-state index is 6.29. The minimum atomic E-state index is 0.0946. The van der Waals surface area contributed by atoms with Crippen LogP contribution in [-0.2, 0) is 28.2 Å². The topological polar surface area (TPSA) is 26.0 Å². The first-order valence-electron chi connectivity index (χ1n) is 15.3. The molecule has 0 aliphatic rings. The van der Waals surface area contributed by atoms with Gasteiger partial charge >= 0.3 is 0 Å². The fourth-order valence-corrected chi connectivity index (χ4v) is 5.28. The summed E-state index contributed by atoms with van der Waals surface area (Å²) in [5, 5.41) is 0. The number of hydrogen-bond donors (Lipinski definition) is 1. The Morgan fingerprint density at radius 1 is 0.425 bits per heavy atom. The highest BCUT2D eigenvalue weighted by Gasteiger charge is 2.25. The molecule has 0 bridgehead atoms. The zero-order valence-electron chi connectivity index (χ0n) is 28.1. The molecule has 0 saturated heterocycles. The number of nitrogens with two attached hydrogens (primary N) is 1. The zero-order chi connectivity index (χ0) is 30.4. The van der Waals surface area contributed by atoms with E-state index in [1.807, 2.05) is 0 Å². The molecule has 3 aromatic rings. The van der Waals surface area contributed by atoms with E-state index in [0.717, 1.165) is 0 Å². The van der Waals surface area contributed by atoms with Crippen molar-refractivity contribution in [2.45, 2.75) is 137 Å². The quantitative estimate of drug-likeness (QED) is 0.343. The van der Waals surface area contributed by atoms with Crippen LogP contribution in [0.5, 0.6) is 0 Å². The van der Waals surface area contributed by atoms with Crippen LogP contribution < -0.4 is 5.73 Å². The highest BCUT2D eigenvalue weighted by molar-refractivity contribution is 5.47. The standard InChI is InChI=1S/C39H57N/c1-25(30-18-32(36(3,4)5)22-33(19-30)37(6,7)8)28-15-27(24-40)16-29(17-28)26(2)31-20-34(38(9,10)11)23-35(21-31)39(12,13)14/h15-23,25-26H,24,40H2,1-14H3/t25-,26-/m1/s1. The molecule has 218 valence electrons. The van der Waals surface area contributed by atoms with Crippen LogP contribution in [0.15, 0.2) is 54.6 Å². The van der Waals surface area contributed by atoms with E-state index >= 15 is 0 Å². The average Bonchev–Trinajstić information content (AvgIpc) is 2.84. The SMILES string of the molecule is C[C@H](c1cc(CN)cc([C@@H](C)c2cc(C(C)(C)C)cc(C(C)(C)C)c2)c1)c1cc(C(C)(C)C)cc(C(C)(C)C)c1. The molecule has 2 N–H and O–H groups in total. The van der Waals surface area contributed by atoms with E-state index in [2.05, 4.69) is 152 Å². The smallest absolute Gasteiger partial charge is 0.0178 e. The molecule has 0 radical (unpaired) electrons. The minimum Gasteiger partial charge on any atom is -0.326 e. The maximum Gasteiger partial charge on any atom is 0.0178 e. The van der Waals surface area contributed by atoms with E-state index in [-0.39, 0.29) is 33.5 Å². The Balaban J connectivity index is 2.17. The van der Waals surface area contributed by atoms with E-state index in [1.54, 1.807) is 0 Å². The lowest BCUT2D eigenvalue weighted by molar-refractivity contribution is 0.565. The summed E-state index contributed by atoms with van der Waals surface area (Å²) in [6, 6.07) is 21.6. The molecular weight excluding hydrogens is 482 g/mol. The molecule has 3 aromatic carbocycles. The molecule has 40 heavy (non-hydrogen) atoms. The van der Waals surface area contributed by atoms with E-state index in [9.17, 15) is 0 Å². The second-order valence-corrected chi connectivity index (χ2v) is 16.3. The van der Waals surface area contributed by atoms with Gasteiger partial charge in [-0.25, -0.2) is 0 Å². The molecule has 0 aliphatic heterocycles. The van der Waals surface area contributed by atoms with Gasteiger partial charge in [0.1, 0.15) is 0 Å². The Labute approximate surface area is 247 Å². The average molecular weight is 540 g/mol. The second kappa shape index (κ2) is 11.1. The molecule has 0 saturated carbocycles. The van der Waals surface area contributed by atoms with Gasteiger partial charge in [0.25, 0.3) is 0 Å². The summed E-state index contributed by atoms with van der Waals surface area (Å²) in [7, 11) is 0. The summed E-state index contributed by atoms with van der Waals surface area (Å²) < 4.78 is 0. The van der Waals surface area contributed by atoms with Crippen LogP contribution in [0.25, 0.3) is 0 Å². The van der Waals surface area contributed by atoms with Crippen molar-refractivity contribution in [2.24, 2.45) is 5.73 Å². The second-order valence-electron chi connectivity index (χ2n) is 16.3. The van der Waals surface area contributed by atoms with Gasteiger partial charge < -0.3 is 5.73 Å². The first-order chi connectivity index (χ1) is 18.1. The molecule has 3 rings (SSSR count). The Morgan fingerprint density at radius 2 is 0.675 bits per heavy atom. The van der Waals surface area contributed by atoms with Crippen LogP contribution in [-0.4, -0.2) is 0 Å². The number of benzene rings is 3. The van der Waals surface area contributed by atoms with Crippen molar-refractivity contribution in [3.8, 4) is 0 Å². The van der Waals surface area contributed by atoms with Crippen LogP contribution in [0.2, 0.25) is 0 Å². The van der Waals surface area contributed by atoms with Crippen molar-refractivity contribution in [3.05, 3.63) is 105 Å². The third-order valence-electron chi connectivity index (χ3n) is 8.65. The Hall–Kier alpha value is -2.38. The van der Waals surface area contributed by atoms with Gasteiger partial charge in [-0.05, 0) is 71.7 Å². The van der Waals surface area contributed by atoms with Crippen molar-refractivity contribution in [1.82, 2.24) is 0 Å². The van der Waals surface area contributed by atoms with Crippen molar-refractivity contribution < 1.29 is 0 Å². The molecule has 1 heteroatoms. The van der Waals surface area contributed by atoms with E-state index < -0.39 is 0 Å². The third-order valence-corrected chi connectivity index (χ3v) is 8.65. The van der Waals surface area contributed by atoms with Crippen molar-refractivity contribution >= 4 is 0 Å². The van der Waals surface area contributed by atoms with E-state index in [1.165, 1.54) is 50.1 Å². The van der Waals surface area contributed by atoms with Crippen LogP contribution in [0.1, 0.15) is 159 Å². The predicted octanol–water partition coefficient (Wildman–Crippen LogP) is 10.6. The molecule has 2 atom stereocenters. The van der Waals surface area contributed by atoms with Crippen molar-refractivity contribution in [3.63, 3.8) is 0 Å². The van der Waals surface area contributed by atoms with Gasteiger partial charge in [0.2, 0.25) is 0 Å². The summed E-state index contributed by atoms with van der Waals surface area (Å²) in [5.74, 6) is 0.541. The van der Waals surface area contributed by atoms with Gasteiger partial charge in [-0.3, -0.25) is 0 Å². The molecular formula is C39H57N. The third kappa shape index (κ3) is 7.47. The summed E-state index contributed by atoms with van der Waals surface area (Å²) in [6.07, 6.45) is 0. The fourth-order valence-electron chi connectivity index (χ4n) is 5.28. The van der Waals surface area contributed by atoms with Crippen molar-refractivity contribution in [2.75, 3.05) is 0 Å². The van der Waals surface area contributed by atoms with Gasteiger partial charge in [0.15, 0.2) is 0 Å². The normalized spacial score (nSPS) is 14.8. The number of hydrogen-bond acceptors (Lipinski definition) is 1. The Morgan fingerprint density at radius 3 is 0.900 bits per heavy atom. The summed E-state index contributed by atoms with van der Waals surface area (Å²) >= 11 is 0. The van der Waals surface area contributed by atoms with E-state index in [0.29, 0.717) is 6.54 Å². The molecule has 0 amide bonds. The first kappa shape index (κ1) is 32.1. The van der Waals surface area contributed by atoms with Crippen LogP contribution >= 0.6 is 0 Å². The van der Waals surface area contributed by atoms with Crippen LogP contribution in [0.4, 0.5) is 0 Å². The largest absolute Gasteiger partial charge is 0.326 e. The molecule has 1 nitrogen and oxygen atoms in total. The molecule has 0 spiro atoms. The summed E-state index contributed by atoms with van der Waals surface area (Å²) in [6.45, 7) is 33.0. The lowest BCUT2D eigenvalue weighted by Crippen LogP contribution is -2.18. The molecule has 0 fully saturated rings. The van der Waals surface area contributed by atoms with Gasteiger partial charge in [-0.1, -0.05) is 152 Å². The monoisotopic (exact) mass is 539 g/mol.